The normalized spacial score (nSPS) is 10.7. The molecule has 3 aromatic rings. The highest BCUT2D eigenvalue weighted by molar-refractivity contribution is 5.92. The van der Waals surface area contributed by atoms with E-state index in [1.54, 1.807) is 24.3 Å². The lowest BCUT2D eigenvalue weighted by Crippen LogP contribution is -2.31. The zero-order chi connectivity index (χ0) is 14.8. The second kappa shape index (κ2) is 5.22. The molecule has 2 heterocycles. The minimum atomic E-state index is -0.545. The largest absolute Gasteiger partial charge is 0.459 e. The zero-order valence-corrected chi connectivity index (χ0v) is 10.9. The van der Waals surface area contributed by atoms with Crippen LogP contribution in [0.3, 0.4) is 0 Å². The van der Waals surface area contributed by atoms with Crippen LogP contribution in [0, 0.1) is 0 Å². The Kier molecular flexibility index (Phi) is 3.25. The molecule has 1 amide bonds. The first-order valence-corrected chi connectivity index (χ1v) is 6.22. The predicted octanol–water partition coefficient (Wildman–Crippen LogP) is 0.641. The van der Waals surface area contributed by atoms with Gasteiger partial charge in [-0.2, -0.15) is 0 Å². The number of fused-ring (bicyclic) bond motifs is 1. The average molecular weight is 284 g/mol. The van der Waals surface area contributed by atoms with Crippen LogP contribution in [0.2, 0.25) is 0 Å². The highest BCUT2D eigenvalue weighted by Gasteiger charge is 2.15. The fourth-order valence-corrected chi connectivity index (χ4v) is 2.13. The van der Waals surface area contributed by atoms with Crippen LogP contribution in [-0.4, -0.2) is 15.5 Å². The lowest BCUT2D eigenvalue weighted by molar-refractivity contribution is 0.0924. The Morgan fingerprint density at radius 2 is 2.14 bits per heavy atom. The van der Waals surface area contributed by atoms with Gasteiger partial charge in [-0.3, -0.25) is 19.6 Å². The van der Waals surface area contributed by atoms with Crippen molar-refractivity contribution in [1.29, 1.82) is 0 Å². The van der Waals surface area contributed by atoms with Gasteiger partial charge in [0.15, 0.2) is 5.76 Å². The van der Waals surface area contributed by atoms with E-state index in [9.17, 15) is 9.59 Å². The second-order valence-electron chi connectivity index (χ2n) is 4.44. The quantitative estimate of drug-likeness (QED) is 0.417. The number of hydrazine groups is 1. The van der Waals surface area contributed by atoms with Crippen molar-refractivity contribution in [1.82, 2.24) is 15.0 Å². The van der Waals surface area contributed by atoms with Crippen molar-refractivity contribution in [2.45, 2.75) is 6.54 Å². The molecule has 7 heteroatoms. The maximum Gasteiger partial charge on any atom is 0.301 e. The van der Waals surface area contributed by atoms with Gasteiger partial charge in [0.2, 0.25) is 0 Å². The molecule has 0 unspecified atom stereocenters. The Labute approximate surface area is 119 Å². The van der Waals surface area contributed by atoms with Gasteiger partial charge < -0.3 is 4.42 Å². The van der Waals surface area contributed by atoms with Gasteiger partial charge in [-0.1, -0.05) is 12.1 Å². The average Bonchev–Trinajstić information content (AvgIpc) is 2.98. The van der Waals surface area contributed by atoms with E-state index < -0.39 is 5.91 Å². The maximum absolute atomic E-state index is 12.4. The third-order valence-electron chi connectivity index (χ3n) is 3.16. The molecule has 0 aliphatic rings. The van der Waals surface area contributed by atoms with Crippen molar-refractivity contribution in [3.63, 3.8) is 0 Å². The first-order valence-electron chi connectivity index (χ1n) is 6.22. The van der Waals surface area contributed by atoms with Crippen LogP contribution < -0.4 is 16.8 Å². The Morgan fingerprint density at radius 3 is 2.95 bits per heavy atom. The number of aromatic nitrogens is 2. The number of rotatable bonds is 3. The molecule has 0 aliphatic heterocycles. The molecule has 0 radical (unpaired) electrons. The molecule has 0 saturated carbocycles. The fourth-order valence-electron chi connectivity index (χ4n) is 2.13. The standard InChI is InChI=1S/C14H12N4O3/c15-17-13(19)12-9(5-6-21-12)7-18-8-16-11-4-2-1-3-10(11)14(18)20/h1-6,8H,7,15H2,(H,17,19). The van der Waals surface area contributed by atoms with Gasteiger partial charge in [0.1, 0.15) is 0 Å². The first-order chi connectivity index (χ1) is 10.2. The van der Waals surface area contributed by atoms with Crippen molar-refractivity contribution in [2.75, 3.05) is 0 Å². The molecule has 0 fully saturated rings. The maximum atomic E-state index is 12.4. The number of nitrogens with one attached hydrogen (secondary N) is 1. The van der Waals surface area contributed by atoms with Crippen LogP contribution in [0.15, 0.2) is 52.1 Å². The van der Waals surface area contributed by atoms with Gasteiger partial charge in [-0.15, -0.1) is 0 Å². The Hall–Kier alpha value is -2.93. The van der Waals surface area contributed by atoms with Crippen LogP contribution in [0.1, 0.15) is 16.1 Å². The van der Waals surface area contributed by atoms with Crippen molar-refractivity contribution in [3.05, 3.63) is 64.6 Å². The van der Waals surface area contributed by atoms with E-state index >= 15 is 0 Å². The monoisotopic (exact) mass is 284 g/mol. The third-order valence-corrected chi connectivity index (χ3v) is 3.16. The molecule has 0 aliphatic carbocycles. The first kappa shape index (κ1) is 13.1. The lowest BCUT2D eigenvalue weighted by Gasteiger charge is -2.06. The number of amides is 1. The summed E-state index contributed by atoms with van der Waals surface area (Å²) in [5, 5.41) is 0.522. The van der Waals surface area contributed by atoms with Crippen molar-refractivity contribution in [3.8, 4) is 0 Å². The number of hydrogen-bond donors (Lipinski definition) is 2. The highest BCUT2D eigenvalue weighted by Crippen LogP contribution is 2.12. The number of hydrogen-bond acceptors (Lipinski definition) is 5. The number of carbonyl (C=O) groups excluding carboxylic acids is 1. The van der Waals surface area contributed by atoms with E-state index in [1.165, 1.54) is 17.2 Å². The molecular formula is C14H12N4O3. The SMILES string of the molecule is NNC(=O)c1occc1Cn1cnc2ccccc2c1=O. The summed E-state index contributed by atoms with van der Waals surface area (Å²) >= 11 is 0. The van der Waals surface area contributed by atoms with E-state index in [0.717, 1.165) is 0 Å². The summed E-state index contributed by atoms with van der Waals surface area (Å²) in [5.41, 5.74) is 3.01. The molecule has 0 saturated heterocycles. The fraction of sp³-hybridized carbons (Fsp3) is 0.0714. The van der Waals surface area contributed by atoms with E-state index in [0.29, 0.717) is 16.5 Å². The third kappa shape index (κ3) is 2.30. The zero-order valence-electron chi connectivity index (χ0n) is 10.9. The summed E-state index contributed by atoms with van der Waals surface area (Å²) < 4.78 is 6.51. The molecule has 0 atom stereocenters. The summed E-state index contributed by atoms with van der Waals surface area (Å²) in [4.78, 5) is 28.1. The number of nitrogens with two attached hydrogens (primary N) is 1. The van der Waals surface area contributed by atoms with Crippen LogP contribution in [0.25, 0.3) is 10.9 Å². The molecule has 3 rings (SSSR count). The van der Waals surface area contributed by atoms with Gasteiger partial charge in [-0.25, -0.2) is 10.8 Å². The Morgan fingerprint density at radius 1 is 1.33 bits per heavy atom. The van der Waals surface area contributed by atoms with Gasteiger partial charge in [0.25, 0.3) is 5.56 Å². The van der Waals surface area contributed by atoms with Crippen molar-refractivity contribution < 1.29 is 9.21 Å². The lowest BCUT2D eigenvalue weighted by atomic mass is 10.2. The summed E-state index contributed by atoms with van der Waals surface area (Å²) in [6.45, 7) is 0.177. The number of nitrogens with zero attached hydrogens (tertiary/aromatic N) is 2. The molecule has 7 nitrogen and oxygen atoms in total. The summed E-state index contributed by atoms with van der Waals surface area (Å²) in [7, 11) is 0. The predicted molar refractivity (Wildman–Crippen MR) is 75.5 cm³/mol. The topological polar surface area (TPSA) is 103 Å². The smallest absolute Gasteiger partial charge is 0.301 e. The molecule has 106 valence electrons. The molecule has 0 bridgehead atoms. The minimum absolute atomic E-state index is 0.0811. The Balaban J connectivity index is 2.03. The van der Waals surface area contributed by atoms with Gasteiger partial charge in [0, 0.05) is 5.56 Å². The Bertz CT molecular complexity index is 866. The van der Waals surface area contributed by atoms with Crippen molar-refractivity contribution in [2.24, 2.45) is 5.84 Å². The number of nitrogen functional groups attached to an aromatic ring is 1. The van der Waals surface area contributed by atoms with E-state index in [4.69, 9.17) is 10.3 Å². The number of para-hydroxylation sites is 1. The minimum Gasteiger partial charge on any atom is -0.459 e. The van der Waals surface area contributed by atoms with Gasteiger partial charge in [0.05, 0.1) is 30.0 Å². The van der Waals surface area contributed by atoms with Crippen LogP contribution in [-0.2, 0) is 6.54 Å². The van der Waals surface area contributed by atoms with E-state index in [-0.39, 0.29) is 17.9 Å². The molecule has 21 heavy (non-hydrogen) atoms. The van der Waals surface area contributed by atoms with E-state index in [1.807, 2.05) is 11.5 Å². The van der Waals surface area contributed by atoms with Gasteiger partial charge >= 0.3 is 5.91 Å². The number of benzene rings is 1. The van der Waals surface area contributed by atoms with Crippen LogP contribution in [0.4, 0.5) is 0 Å². The second-order valence-corrected chi connectivity index (χ2v) is 4.44. The molecule has 1 aromatic carbocycles. The highest BCUT2D eigenvalue weighted by atomic mass is 16.3. The number of furan rings is 1. The van der Waals surface area contributed by atoms with E-state index in [2.05, 4.69) is 4.98 Å². The van der Waals surface area contributed by atoms with Crippen molar-refractivity contribution >= 4 is 16.8 Å². The summed E-state index contributed by atoms with van der Waals surface area (Å²) in [6.07, 6.45) is 2.82. The van der Waals surface area contributed by atoms with Crippen LogP contribution >= 0.6 is 0 Å². The summed E-state index contributed by atoms with van der Waals surface area (Å²) in [6, 6.07) is 8.70. The summed E-state index contributed by atoms with van der Waals surface area (Å²) in [5.74, 6) is 4.63. The molecule has 2 aromatic heterocycles. The molecule has 3 N–H and O–H groups in total. The number of carbonyl (C=O) groups is 1. The van der Waals surface area contributed by atoms with Gasteiger partial charge in [-0.05, 0) is 18.2 Å². The molecule has 0 spiro atoms. The molecular weight excluding hydrogens is 272 g/mol. The van der Waals surface area contributed by atoms with Crippen LogP contribution in [0.5, 0.6) is 0 Å².